The van der Waals surface area contributed by atoms with Gasteiger partial charge in [0, 0.05) is 25.7 Å². The molecule has 0 amide bonds. The monoisotopic (exact) mass is 328 g/mol. The van der Waals surface area contributed by atoms with Crippen LogP contribution in [0.2, 0.25) is 0 Å². The SMILES string of the molecule is C[C@H]1CCCCN1S(=O)(=O)n1nc(N2CCCCC2)nc1N. The van der Waals surface area contributed by atoms with Crippen LogP contribution in [0.25, 0.3) is 0 Å². The Bertz CT molecular complexity index is 622. The minimum absolute atomic E-state index is 0.0270. The van der Waals surface area contributed by atoms with E-state index in [4.69, 9.17) is 5.73 Å². The summed E-state index contributed by atoms with van der Waals surface area (Å²) in [4.78, 5) is 6.18. The number of aromatic nitrogens is 3. The van der Waals surface area contributed by atoms with Crippen LogP contribution in [0.1, 0.15) is 45.4 Å². The number of rotatable bonds is 3. The highest BCUT2D eigenvalue weighted by Gasteiger charge is 2.34. The van der Waals surface area contributed by atoms with Gasteiger partial charge in [-0.25, -0.2) is 0 Å². The van der Waals surface area contributed by atoms with E-state index in [1.807, 2.05) is 11.8 Å². The summed E-state index contributed by atoms with van der Waals surface area (Å²) in [6.45, 7) is 4.14. The molecular formula is C13H24N6O2S. The van der Waals surface area contributed by atoms with Crippen molar-refractivity contribution in [2.24, 2.45) is 0 Å². The van der Waals surface area contributed by atoms with Crippen molar-refractivity contribution in [1.29, 1.82) is 0 Å². The fourth-order valence-electron chi connectivity index (χ4n) is 3.21. The molecule has 2 aliphatic heterocycles. The summed E-state index contributed by atoms with van der Waals surface area (Å²) >= 11 is 0. The van der Waals surface area contributed by atoms with E-state index in [1.165, 1.54) is 10.7 Å². The topological polar surface area (TPSA) is 97.4 Å². The minimum Gasteiger partial charge on any atom is -0.367 e. The van der Waals surface area contributed by atoms with Gasteiger partial charge >= 0.3 is 10.2 Å². The predicted octanol–water partition coefficient (Wildman–Crippen LogP) is 0.818. The fraction of sp³-hybridized carbons (Fsp3) is 0.846. The largest absolute Gasteiger partial charge is 0.367 e. The first-order chi connectivity index (χ1) is 10.5. The molecule has 22 heavy (non-hydrogen) atoms. The van der Waals surface area contributed by atoms with Crippen molar-refractivity contribution in [2.75, 3.05) is 30.3 Å². The zero-order chi connectivity index (χ0) is 15.7. The Hall–Kier alpha value is -1.35. The number of nitrogens with zero attached hydrogens (tertiary/aromatic N) is 5. The molecule has 1 aromatic rings. The van der Waals surface area contributed by atoms with Gasteiger partial charge in [0.25, 0.3) is 0 Å². The molecule has 0 aliphatic carbocycles. The van der Waals surface area contributed by atoms with Crippen molar-refractivity contribution in [3.05, 3.63) is 0 Å². The van der Waals surface area contributed by atoms with Crippen molar-refractivity contribution in [1.82, 2.24) is 18.5 Å². The highest BCUT2D eigenvalue weighted by molar-refractivity contribution is 7.87. The number of nitrogens with two attached hydrogens (primary N) is 1. The van der Waals surface area contributed by atoms with Gasteiger partial charge in [-0.3, -0.25) is 0 Å². The molecule has 0 spiro atoms. The molecule has 124 valence electrons. The number of nitrogen functional groups attached to an aromatic ring is 1. The Morgan fingerprint density at radius 3 is 2.45 bits per heavy atom. The summed E-state index contributed by atoms with van der Waals surface area (Å²) in [6.07, 6.45) is 6.13. The molecule has 2 N–H and O–H groups in total. The standard InChI is InChI=1S/C13H24N6O2S/c1-11-7-3-6-10-18(11)22(20,21)19-12(14)15-13(16-19)17-8-4-2-5-9-17/h11H,2-10H2,1H3,(H2,14,15,16)/t11-/m0/s1. The number of hydrogen-bond acceptors (Lipinski definition) is 6. The third kappa shape index (κ3) is 2.79. The van der Waals surface area contributed by atoms with E-state index < -0.39 is 10.2 Å². The molecule has 9 heteroatoms. The molecule has 2 aliphatic rings. The van der Waals surface area contributed by atoms with E-state index in [1.54, 1.807) is 0 Å². The van der Waals surface area contributed by atoms with Gasteiger partial charge in [-0.05, 0) is 39.0 Å². The summed E-state index contributed by atoms with van der Waals surface area (Å²) in [5.41, 5.74) is 5.84. The quantitative estimate of drug-likeness (QED) is 0.882. The maximum Gasteiger partial charge on any atom is 0.326 e. The first-order valence-corrected chi connectivity index (χ1v) is 9.39. The lowest BCUT2D eigenvalue weighted by molar-refractivity contribution is 0.265. The van der Waals surface area contributed by atoms with Crippen LogP contribution in [0.3, 0.4) is 0 Å². The molecule has 0 aromatic carbocycles. The van der Waals surface area contributed by atoms with Crippen LogP contribution in [-0.4, -0.2) is 52.6 Å². The first-order valence-electron chi connectivity index (χ1n) is 8.00. The van der Waals surface area contributed by atoms with E-state index in [2.05, 4.69) is 10.1 Å². The van der Waals surface area contributed by atoms with Gasteiger partial charge in [0.15, 0.2) is 0 Å². The molecule has 0 radical (unpaired) electrons. The second kappa shape index (κ2) is 6.04. The van der Waals surface area contributed by atoms with Gasteiger partial charge in [-0.1, -0.05) is 6.42 Å². The number of piperidine rings is 2. The summed E-state index contributed by atoms with van der Waals surface area (Å²) in [5.74, 6) is 0.365. The van der Waals surface area contributed by atoms with E-state index >= 15 is 0 Å². The molecule has 2 saturated heterocycles. The average molecular weight is 328 g/mol. The van der Waals surface area contributed by atoms with Crippen LogP contribution in [0.15, 0.2) is 0 Å². The van der Waals surface area contributed by atoms with E-state index in [0.29, 0.717) is 12.5 Å². The Kier molecular flexibility index (Phi) is 4.26. The van der Waals surface area contributed by atoms with E-state index in [-0.39, 0.29) is 12.0 Å². The average Bonchev–Trinajstić information content (AvgIpc) is 2.91. The van der Waals surface area contributed by atoms with Crippen molar-refractivity contribution in [2.45, 2.75) is 51.5 Å². The third-order valence-corrected chi connectivity index (χ3v) is 6.33. The number of hydrogen-bond donors (Lipinski definition) is 1. The van der Waals surface area contributed by atoms with Gasteiger partial charge in [-0.15, -0.1) is 9.19 Å². The van der Waals surface area contributed by atoms with Crippen LogP contribution >= 0.6 is 0 Å². The zero-order valence-corrected chi connectivity index (χ0v) is 13.8. The second-order valence-corrected chi connectivity index (χ2v) is 7.83. The number of anilines is 2. The van der Waals surface area contributed by atoms with Gasteiger partial charge in [0.05, 0.1) is 0 Å². The third-order valence-electron chi connectivity index (χ3n) is 4.49. The molecule has 0 bridgehead atoms. The van der Waals surface area contributed by atoms with Crippen LogP contribution < -0.4 is 10.6 Å². The molecule has 0 saturated carbocycles. The molecule has 2 fully saturated rings. The van der Waals surface area contributed by atoms with Crippen LogP contribution in [0, 0.1) is 0 Å². The van der Waals surface area contributed by atoms with Crippen LogP contribution in [-0.2, 0) is 10.2 Å². The Labute approximate surface area is 131 Å². The second-order valence-electron chi connectivity index (χ2n) is 6.12. The predicted molar refractivity (Wildman–Crippen MR) is 84.8 cm³/mol. The minimum atomic E-state index is -3.74. The van der Waals surface area contributed by atoms with Crippen molar-refractivity contribution in [3.8, 4) is 0 Å². The summed E-state index contributed by atoms with van der Waals surface area (Å²) in [5, 5.41) is 4.19. The smallest absolute Gasteiger partial charge is 0.326 e. The van der Waals surface area contributed by atoms with E-state index in [0.717, 1.165) is 49.3 Å². The Balaban J connectivity index is 1.88. The maximum absolute atomic E-state index is 12.8. The van der Waals surface area contributed by atoms with Crippen LogP contribution in [0.4, 0.5) is 11.9 Å². The molecule has 1 atom stereocenters. The molecule has 0 unspecified atom stereocenters. The molecular weight excluding hydrogens is 304 g/mol. The Morgan fingerprint density at radius 1 is 1.09 bits per heavy atom. The van der Waals surface area contributed by atoms with Crippen LogP contribution in [0.5, 0.6) is 0 Å². The zero-order valence-electron chi connectivity index (χ0n) is 13.0. The lowest BCUT2D eigenvalue weighted by Crippen LogP contribution is -2.45. The highest BCUT2D eigenvalue weighted by atomic mass is 32.2. The van der Waals surface area contributed by atoms with Gasteiger partial charge < -0.3 is 10.6 Å². The summed E-state index contributed by atoms with van der Waals surface area (Å²) in [6, 6.07) is -0.0270. The highest BCUT2D eigenvalue weighted by Crippen LogP contribution is 2.24. The van der Waals surface area contributed by atoms with Gasteiger partial charge in [-0.2, -0.15) is 17.7 Å². The lowest BCUT2D eigenvalue weighted by Gasteiger charge is -2.31. The molecule has 8 nitrogen and oxygen atoms in total. The molecule has 3 heterocycles. The normalized spacial score (nSPS) is 24.6. The van der Waals surface area contributed by atoms with E-state index in [9.17, 15) is 8.42 Å². The van der Waals surface area contributed by atoms with Gasteiger partial charge in [0.1, 0.15) is 0 Å². The fourth-order valence-corrected chi connectivity index (χ4v) is 4.78. The van der Waals surface area contributed by atoms with Gasteiger partial charge in [0.2, 0.25) is 11.9 Å². The lowest BCUT2D eigenvalue weighted by atomic mass is 10.1. The molecule has 1 aromatic heterocycles. The van der Waals surface area contributed by atoms with Crippen molar-refractivity contribution in [3.63, 3.8) is 0 Å². The summed E-state index contributed by atoms with van der Waals surface area (Å²) in [7, 11) is -3.74. The van der Waals surface area contributed by atoms with Crippen molar-refractivity contribution >= 4 is 22.1 Å². The molecule has 3 rings (SSSR count). The first kappa shape index (κ1) is 15.5. The Morgan fingerprint density at radius 2 is 1.77 bits per heavy atom. The van der Waals surface area contributed by atoms with Crippen molar-refractivity contribution < 1.29 is 8.42 Å². The maximum atomic E-state index is 12.8. The summed E-state index contributed by atoms with van der Waals surface area (Å²) < 4.78 is 28.0.